The topological polar surface area (TPSA) is 93.1 Å². The first-order chi connectivity index (χ1) is 13.6. The minimum atomic E-state index is -3.90. The van der Waals surface area contributed by atoms with Crippen LogP contribution in [0, 0.1) is 20.8 Å². The largest absolute Gasteiger partial charge is 0.307 e. The molecular weight excluding hydrogens is 412 g/mol. The van der Waals surface area contributed by atoms with Gasteiger partial charge in [0.15, 0.2) is 0 Å². The highest BCUT2D eigenvalue weighted by Gasteiger charge is 2.20. The molecule has 1 amide bonds. The van der Waals surface area contributed by atoms with Crippen molar-refractivity contribution >= 4 is 39.0 Å². The van der Waals surface area contributed by atoms with Crippen molar-refractivity contribution in [2.24, 2.45) is 7.05 Å². The number of aromatic nitrogens is 2. The zero-order chi connectivity index (χ0) is 21.3. The summed E-state index contributed by atoms with van der Waals surface area (Å²) in [6.45, 7) is 5.65. The van der Waals surface area contributed by atoms with Gasteiger partial charge in [0, 0.05) is 18.8 Å². The summed E-state index contributed by atoms with van der Waals surface area (Å²) >= 11 is 6.15. The van der Waals surface area contributed by atoms with Crippen LogP contribution in [0.4, 0.5) is 11.5 Å². The van der Waals surface area contributed by atoms with E-state index in [0.717, 1.165) is 16.8 Å². The van der Waals surface area contributed by atoms with Gasteiger partial charge in [-0.2, -0.15) is 5.10 Å². The highest BCUT2D eigenvalue weighted by atomic mass is 35.5. The summed E-state index contributed by atoms with van der Waals surface area (Å²) in [5, 5.41) is 7.00. The lowest BCUT2D eigenvalue weighted by atomic mass is 10.1. The molecule has 0 spiro atoms. The Labute approximate surface area is 174 Å². The molecule has 2 aromatic carbocycles. The summed E-state index contributed by atoms with van der Waals surface area (Å²) in [4.78, 5) is 12.6. The van der Waals surface area contributed by atoms with Gasteiger partial charge in [0.2, 0.25) is 0 Å². The Morgan fingerprint density at radius 2 is 1.76 bits per heavy atom. The molecule has 2 N–H and O–H groups in total. The standard InChI is InChI=1S/C20H21ClN4O3S/c1-12-5-6-15(9-13(12)2)24-29(27,28)16-7-8-18(21)17(11-16)20(26)22-19-10-14(3)23-25(19)4/h5-11,24H,1-4H3,(H,22,26). The minimum Gasteiger partial charge on any atom is -0.307 e. The van der Waals surface area contributed by atoms with Crippen molar-refractivity contribution in [3.05, 3.63) is 69.9 Å². The van der Waals surface area contributed by atoms with Crippen LogP contribution in [0.1, 0.15) is 27.2 Å². The molecule has 0 saturated carbocycles. The number of carbonyl (C=O) groups is 1. The van der Waals surface area contributed by atoms with E-state index in [2.05, 4.69) is 15.1 Å². The fourth-order valence-electron chi connectivity index (χ4n) is 2.78. The third-order valence-electron chi connectivity index (χ3n) is 4.50. The number of aryl methyl sites for hydroxylation is 4. The Kier molecular flexibility index (Phi) is 5.68. The molecule has 7 nitrogen and oxygen atoms in total. The molecule has 3 aromatic rings. The molecule has 1 heterocycles. The number of hydrogen-bond acceptors (Lipinski definition) is 4. The average molecular weight is 433 g/mol. The Hall–Kier alpha value is -2.84. The predicted octanol–water partition coefficient (Wildman–Crippen LogP) is 4.05. The predicted molar refractivity (Wildman–Crippen MR) is 114 cm³/mol. The van der Waals surface area contributed by atoms with Crippen molar-refractivity contribution in [1.82, 2.24) is 9.78 Å². The van der Waals surface area contributed by atoms with Crippen molar-refractivity contribution in [2.75, 3.05) is 10.0 Å². The van der Waals surface area contributed by atoms with Crippen molar-refractivity contribution in [1.29, 1.82) is 0 Å². The summed E-state index contributed by atoms with van der Waals surface area (Å²) < 4.78 is 29.6. The lowest BCUT2D eigenvalue weighted by molar-refractivity contribution is 0.102. The molecule has 0 aliphatic rings. The first kappa shape index (κ1) is 20.9. The van der Waals surface area contributed by atoms with Crippen molar-refractivity contribution in [3.8, 4) is 0 Å². The van der Waals surface area contributed by atoms with E-state index in [0.29, 0.717) is 11.5 Å². The molecule has 152 valence electrons. The number of rotatable bonds is 5. The van der Waals surface area contributed by atoms with Crippen LogP contribution in [0.15, 0.2) is 47.4 Å². The second-order valence-electron chi connectivity index (χ2n) is 6.79. The lowest BCUT2D eigenvalue weighted by Crippen LogP contribution is -2.17. The first-order valence-electron chi connectivity index (χ1n) is 8.78. The van der Waals surface area contributed by atoms with Gasteiger partial charge < -0.3 is 5.32 Å². The fourth-order valence-corrected chi connectivity index (χ4v) is 4.05. The molecule has 3 rings (SSSR count). The summed E-state index contributed by atoms with van der Waals surface area (Å²) in [6.07, 6.45) is 0. The molecule has 0 bridgehead atoms. The summed E-state index contributed by atoms with van der Waals surface area (Å²) in [6, 6.07) is 11.0. The number of hydrogen-bond donors (Lipinski definition) is 2. The molecule has 9 heteroatoms. The number of carbonyl (C=O) groups excluding carboxylic acids is 1. The van der Waals surface area contributed by atoms with E-state index in [4.69, 9.17) is 11.6 Å². The Balaban J connectivity index is 1.89. The van der Waals surface area contributed by atoms with Gasteiger partial charge in [-0.15, -0.1) is 0 Å². The smallest absolute Gasteiger partial charge is 0.261 e. The van der Waals surface area contributed by atoms with Crippen LogP contribution in [-0.2, 0) is 17.1 Å². The van der Waals surface area contributed by atoms with Crippen LogP contribution in [0.25, 0.3) is 0 Å². The van der Waals surface area contributed by atoms with E-state index in [-0.39, 0.29) is 15.5 Å². The number of amides is 1. The zero-order valence-corrected chi connectivity index (χ0v) is 18.0. The maximum Gasteiger partial charge on any atom is 0.261 e. The van der Waals surface area contributed by atoms with E-state index < -0.39 is 15.9 Å². The monoisotopic (exact) mass is 432 g/mol. The number of nitrogens with zero attached hydrogens (tertiary/aromatic N) is 2. The van der Waals surface area contributed by atoms with Crippen LogP contribution >= 0.6 is 11.6 Å². The summed E-state index contributed by atoms with van der Waals surface area (Å²) in [5.41, 5.74) is 3.26. The zero-order valence-electron chi connectivity index (χ0n) is 16.4. The molecule has 0 aliphatic carbocycles. The van der Waals surface area contributed by atoms with E-state index in [1.165, 1.54) is 22.9 Å². The molecule has 0 saturated heterocycles. The number of anilines is 2. The van der Waals surface area contributed by atoms with E-state index >= 15 is 0 Å². The minimum absolute atomic E-state index is 0.0495. The van der Waals surface area contributed by atoms with Crippen LogP contribution in [0.5, 0.6) is 0 Å². The Morgan fingerprint density at radius 1 is 1.03 bits per heavy atom. The number of benzene rings is 2. The molecule has 0 fully saturated rings. The fraction of sp³-hybridized carbons (Fsp3) is 0.200. The van der Waals surface area contributed by atoms with Crippen molar-refractivity contribution in [3.63, 3.8) is 0 Å². The van der Waals surface area contributed by atoms with Crippen molar-refractivity contribution < 1.29 is 13.2 Å². The van der Waals surface area contributed by atoms with Gasteiger partial charge >= 0.3 is 0 Å². The maximum atomic E-state index is 12.8. The second-order valence-corrected chi connectivity index (χ2v) is 8.88. The third kappa shape index (κ3) is 4.60. The maximum absolute atomic E-state index is 12.8. The molecule has 1 aromatic heterocycles. The molecular formula is C20H21ClN4O3S. The number of nitrogens with one attached hydrogen (secondary N) is 2. The van der Waals surface area contributed by atoms with Crippen LogP contribution in [0.2, 0.25) is 5.02 Å². The SMILES string of the molecule is Cc1cc(NC(=O)c2cc(S(=O)(=O)Nc3ccc(C)c(C)c3)ccc2Cl)n(C)n1. The van der Waals surface area contributed by atoms with Gasteiger partial charge in [-0.1, -0.05) is 17.7 Å². The molecule has 0 radical (unpaired) electrons. The number of halogens is 1. The molecule has 0 unspecified atom stereocenters. The van der Waals surface area contributed by atoms with Gasteiger partial charge in [-0.25, -0.2) is 8.42 Å². The van der Waals surface area contributed by atoms with Crippen LogP contribution in [0.3, 0.4) is 0 Å². The average Bonchev–Trinajstić information content (AvgIpc) is 2.95. The van der Waals surface area contributed by atoms with Crippen LogP contribution in [-0.4, -0.2) is 24.1 Å². The quantitative estimate of drug-likeness (QED) is 0.636. The Morgan fingerprint density at radius 3 is 2.38 bits per heavy atom. The number of sulfonamides is 1. The van der Waals surface area contributed by atoms with E-state index in [9.17, 15) is 13.2 Å². The normalized spacial score (nSPS) is 11.3. The van der Waals surface area contributed by atoms with Gasteiger partial charge in [-0.3, -0.25) is 14.2 Å². The summed E-state index contributed by atoms with van der Waals surface area (Å²) in [5.74, 6) is -0.0497. The van der Waals surface area contributed by atoms with Crippen molar-refractivity contribution in [2.45, 2.75) is 25.7 Å². The van der Waals surface area contributed by atoms with E-state index in [1.807, 2.05) is 19.9 Å². The van der Waals surface area contributed by atoms with Crippen LogP contribution < -0.4 is 10.0 Å². The summed E-state index contributed by atoms with van der Waals surface area (Å²) in [7, 11) is -2.21. The van der Waals surface area contributed by atoms with Gasteiger partial charge in [0.05, 0.1) is 21.2 Å². The highest BCUT2D eigenvalue weighted by Crippen LogP contribution is 2.24. The second kappa shape index (κ2) is 7.88. The molecule has 0 aliphatic heterocycles. The van der Waals surface area contributed by atoms with Gasteiger partial charge in [-0.05, 0) is 62.2 Å². The molecule has 0 atom stereocenters. The highest BCUT2D eigenvalue weighted by molar-refractivity contribution is 7.92. The first-order valence-corrected chi connectivity index (χ1v) is 10.6. The van der Waals surface area contributed by atoms with E-state index in [1.54, 1.807) is 32.2 Å². The lowest BCUT2D eigenvalue weighted by Gasteiger charge is -2.12. The molecule has 29 heavy (non-hydrogen) atoms. The Bertz CT molecular complexity index is 1200. The van der Waals surface area contributed by atoms with Gasteiger partial charge in [0.1, 0.15) is 5.82 Å². The third-order valence-corrected chi connectivity index (χ3v) is 6.20. The van der Waals surface area contributed by atoms with Gasteiger partial charge in [0.25, 0.3) is 15.9 Å².